The fourth-order valence-corrected chi connectivity index (χ4v) is 2.63. The quantitative estimate of drug-likeness (QED) is 0.792. The summed E-state index contributed by atoms with van der Waals surface area (Å²) in [6, 6.07) is 7.49. The molecule has 0 fully saturated rings. The lowest BCUT2D eigenvalue weighted by atomic mass is 10.1. The van der Waals surface area contributed by atoms with Gasteiger partial charge in [-0.2, -0.15) is 0 Å². The van der Waals surface area contributed by atoms with Gasteiger partial charge < -0.3 is 9.74 Å². The van der Waals surface area contributed by atoms with Gasteiger partial charge in [0.1, 0.15) is 0 Å². The van der Waals surface area contributed by atoms with Crippen molar-refractivity contribution in [2.45, 2.75) is 39.3 Å². The highest BCUT2D eigenvalue weighted by Crippen LogP contribution is 2.34. The Morgan fingerprint density at radius 1 is 1.50 bits per heavy atom. The number of nitrogens with two attached hydrogens (primary N) is 1. The van der Waals surface area contributed by atoms with Gasteiger partial charge in [0.05, 0.1) is 12.6 Å². The van der Waals surface area contributed by atoms with E-state index in [9.17, 15) is 0 Å². The maximum absolute atomic E-state index is 5.21. The van der Waals surface area contributed by atoms with Crippen LogP contribution in [0.4, 0.5) is 5.69 Å². The van der Waals surface area contributed by atoms with Crippen LogP contribution in [0.2, 0.25) is 0 Å². The van der Waals surface area contributed by atoms with Crippen molar-refractivity contribution in [1.82, 2.24) is 0 Å². The summed E-state index contributed by atoms with van der Waals surface area (Å²) in [5, 5.41) is 0. The molecule has 3 nitrogen and oxygen atoms in total. The smallest absolute Gasteiger partial charge is 0.0886 e. The van der Waals surface area contributed by atoms with Crippen LogP contribution in [-0.2, 0) is 11.3 Å². The van der Waals surface area contributed by atoms with Gasteiger partial charge in [0.2, 0.25) is 0 Å². The van der Waals surface area contributed by atoms with Crippen LogP contribution in [-0.4, -0.2) is 18.7 Å². The third-order valence-corrected chi connectivity index (χ3v) is 3.21. The minimum absolute atomic E-state index is 0.377. The Bertz CT molecular complexity index is 376. The second-order valence-electron chi connectivity index (χ2n) is 4.82. The number of aryl methyl sites for hydroxylation is 1. The molecule has 1 aromatic rings. The molecule has 1 unspecified atom stereocenters. The highest BCUT2D eigenvalue weighted by Gasteiger charge is 2.30. The number of benzene rings is 1. The van der Waals surface area contributed by atoms with Gasteiger partial charge in [0, 0.05) is 11.7 Å². The molecule has 3 heteroatoms. The van der Waals surface area contributed by atoms with Gasteiger partial charge in [-0.1, -0.05) is 17.7 Å². The number of anilines is 1. The van der Waals surface area contributed by atoms with Crippen molar-refractivity contribution in [2.75, 3.05) is 11.5 Å². The number of fused-ring (bicyclic) bond motifs is 1. The molecular weight excluding hydrogens is 200 g/mol. The summed E-state index contributed by atoms with van der Waals surface area (Å²) in [6.07, 6.45) is 1.03. The molecule has 0 aliphatic carbocycles. The molecule has 88 valence electrons. The second kappa shape index (κ2) is 4.44. The fourth-order valence-electron chi connectivity index (χ4n) is 2.63. The molecule has 16 heavy (non-hydrogen) atoms. The van der Waals surface area contributed by atoms with Crippen LogP contribution < -0.4 is 10.8 Å². The van der Waals surface area contributed by atoms with E-state index in [4.69, 9.17) is 10.7 Å². The monoisotopic (exact) mass is 220 g/mol. The van der Waals surface area contributed by atoms with E-state index in [1.54, 1.807) is 0 Å². The molecule has 0 spiro atoms. The summed E-state index contributed by atoms with van der Waals surface area (Å²) in [7, 11) is 0. The summed E-state index contributed by atoms with van der Waals surface area (Å²) in [6.45, 7) is 7.13. The van der Waals surface area contributed by atoms with E-state index in [0.717, 1.165) is 6.42 Å². The van der Waals surface area contributed by atoms with Gasteiger partial charge in [-0.3, -0.25) is 0 Å². The van der Waals surface area contributed by atoms with Crippen molar-refractivity contribution >= 4 is 5.69 Å². The molecule has 1 aromatic carbocycles. The Hall–Kier alpha value is -1.06. The first-order valence-electron chi connectivity index (χ1n) is 5.83. The topological polar surface area (TPSA) is 38.5 Å². The first-order chi connectivity index (χ1) is 7.63. The molecule has 1 atom stereocenters. The molecule has 0 aromatic heterocycles. The fraction of sp³-hybridized carbons (Fsp3) is 0.538. The van der Waals surface area contributed by atoms with Crippen molar-refractivity contribution < 1.29 is 4.84 Å². The van der Waals surface area contributed by atoms with E-state index < -0.39 is 0 Å². The van der Waals surface area contributed by atoms with Crippen LogP contribution in [0.1, 0.15) is 25.0 Å². The van der Waals surface area contributed by atoms with Gasteiger partial charge in [-0.05, 0) is 38.8 Å². The lowest BCUT2D eigenvalue weighted by Gasteiger charge is -2.30. The van der Waals surface area contributed by atoms with Crippen LogP contribution >= 0.6 is 0 Å². The number of hydrogen-bond donors (Lipinski definition) is 1. The second-order valence-corrected chi connectivity index (χ2v) is 4.82. The van der Waals surface area contributed by atoms with E-state index in [2.05, 4.69) is 43.9 Å². The van der Waals surface area contributed by atoms with E-state index >= 15 is 0 Å². The number of nitrogens with zero attached hydrogens (tertiary/aromatic N) is 1. The molecule has 1 heterocycles. The predicted molar refractivity (Wildman–Crippen MR) is 66.4 cm³/mol. The molecular formula is C13H20N2O. The lowest BCUT2D eigenvalue weighted by molar-refractivity contribution is 0.122. The SMILES string of the molecule is Cc1ccc2c(c1)CC(CON)N2C(C)C. The van der Waals surface area contributed by atoms with Crippen LogP contribution in [0.25, 0.3) is 0 Å². The standard InChI is InChI=1S/C13H20N2O/c1-9(2)15-12(8-16-14)7-11-6-10(3)4-5-13(11)15/h4-6,9,12H,7-8,14H2,1-3H3. The first kappa shape index (κ1) is 11.4. The summed E-state index contributed by atoms with van der Waals surface area (Å²) >= 11 is 0. The molecule has 0 radical (unpaired) electrons. The zero-order valence-corrected chi connectivity index (χ0v) is 10.2. The summed E-state index contributed by atoms with van der Waals surface area (Å²) < 4.78 is 0. The normalized spacial score (nSPS) is 19.3. The Labute approximate surface area is 97.1 Å². The Morgan fingerprint density at radius 2 is 2.25 bits per heavy atom. The van der Waals surface area contributed by atoms with Crippen LogP contribution in [0, 0.1) is 6.92 Å². The van der Waals surface area contributed by atoms with Gasteiger partial charge >= 0.3 is 0 Å². The molecule has 0 bridgehead atoms. The van der Waals surface area contributed by atoms with Gasteiger partial charge in [0.15, 0.2) is 0 Å². The van der Waals surface area contributed by atoms with Crippen molar-refractivity contribution in [1.29, 1.82) is 0 Å². The van der Waals surface area contributed by atoms with Gasteiger partial charge in [0.25, 0.3) is 0 Å². The Morgan fingerprint density at radius 3 is 2.88 bits per heavy atom. The summed E-state index contributed by atoms with van der Waals surface area (Å²) in [5.41, 5.74) is 4.06. The molecule has 0 saturated heterocycles. The van der Waals surface area contributed by atoms with Crippen LogP contribution in [0.3, 0.4) is 0 Å². The van der Waals surface area contributed by atoms with E-state index in [-0.39, 0.29) is 0 Å². The van der Waals surface area contributed by atoms with Crippen molar-refractivity contribution in [3.05, 3.63) is 29.3 Å². The Kier molecular flexibility index (Phi) is 3.17. The van der Waals surface area contributed by atoms with Gasteiger partial charge in [-0.15, -0.1) is 0 Å². The Balaban J connectivity index is 2.33. The minimum Gasteiger partial charge on any atom is -0.363 e. The minimum atomic E-state index is 0.377. The summed E-state index contributed by atoms with van der Waals surface area (Å²) in [4.78, 5) is 7.23. The zero-order valence-electron chi connectivity index (χ0n) is 10.2. The predicted octanol–water partition coefficient (Wildman–Crippen LogP) is 2.02. The van der Waals surface area contributed by atoms with Crippen molar-refractivity contribution in [2.24, 2.45) is 5.90 Å². The highest BCUT2D eigenvalue weighted by molar-refractivity contribution is 5.61. The zero-order chi connectivity index (χ0) is 11.7. The first-order valence-corrected chi connectivity index (χ1v) is 5.83. The molecule has 0 saturated carbocycles. The lowest BCUT2D eigenvalue weighted by Crippen LogP contribution is -2.41. The third kappa shape index (κ3) is 1.93. The molecule has 0 amide bonds. The summed E-state index contributed by atoms with van der Waals surface area (Å²) in [5.74, 6) is 5.21. The van der Waals surface area contributed by atoms with Gasteiger partial charge in [-0.25, -0.2) is 5.90 Å². The average Bonchev–Trinajstić information content (AvgIpc) is 2.55. The van der Waals surface area contributed by atoms with Crippen LogP contribution in [0.15, 0.2) is 18.2 Å². The molecule has 1 aliphatic heterocycles. The van der Waals surface area contributed by atoms with Crippen LogP contribution in [0.5, 0.6) is 0 Å². The third-order valence-electron chi connectivity index (χ3n) is 3.21. The van der Waals surface area contributed by atoms with Crippen molar-refractivity contribution in [3.63, 3.8) is 0 Å². The largest absolute Gasteiger partial charge is 0.363 e. The van der Waals surface area contributed by atoms with E-state index in [0.29, 0.717) is 18.7 Å². The number of rotatable bonds is 3. The maximum atomic E-state index is 5.21. The van der Waals surface area contributed by atoms with Crippen molar-refractivity contribution in [3.8, 4) is 0 Å². The average molecular weight is 220 g/mol. The molecule has 1 aliphatic rings. The highest BCUT2D eigenvalue weighted by atomic mass is 16.6. The van der Waals surface area contributed by atoms with E-state index in [1.807, 2.05) is 0 Å². The maximum Gasteiger partial charge on any atom is 0.0886 e. The molecule has 2 rings (SSSR count). The van der Waals surface area contributed by atoms with E-state index in [1.165, 1.54) is 16.8 Å². The number of hydrogen-bond acceptors (Lipinski definition) is 3. The molecule has 2 N–H and O–H groups in total.